The van der Waals surface area contributed by atoms with Gasteiger partial charge in [0, 0.05) is 37.1 Å². The average Bonchev–Trinajstić information content (AvgIpc) is 3.25. The van der Waals surface area contributed by atoms with Crippen LogP contribution in [0.25, 0.3) is 22.7 Å². The van der Waals surface area contributed by atoms with Crippen LogP contribution >= 0.6 is 0 Å². The lowest BCUT2D eigenvalue weighted by Crippen LogP contribution is -2.13. The maximum atomic E-state index is 11.8. The van der Waals surface area contributed by atoms with E-state index in [0.717, 1.165) is 23.4 Å². The first-order valence-corrected chi connectivity index (χ1v) is 8.72. The zero-order valence-electron chi connectivity index (χ0n) is 15.1. The Morgan fingerprint density at radius 3 is 2.73 bits per heavy atom. The number of aromatic nitrogens is 2. The fourth-order valence-corrected chi connectivity index (χ4v) is 3.00. The zero-order valence-corrected chi connectivity index (χ0v) is 15.1. The molecule has 0 saturated carbocycles. The highest BCUT2D eigenvalue weighted by Crippen LogP contribution is 2.29. The fraction of sp³-hybridized carbons (Fsp3) is 0.300. The Bertz CT molecular complexity index is 881. The summed E-state index contributed by atoms with van der Waals surface area (Å²) in [6.07, 6.45) is 0.831. The van der Waals surface area contributed by atoms with Gasteiger partial charge < -0.3 is 19.6 Å². The third-order valence-corrected chi connectivity index (χ3v) is 4.34. The van der Waals surface area contributed by atoms with Crippen molar-refractivity contribution >= 4 is 5.91 Å². The molecule has 0 unspecified atom stereocenters. The van der Waals surface area contributed by atoms with Crippen molar-refractivity contribution in [3.8, 4) is 22.7 Å². The van der Waals surface area contributed by atoms with Crippen LogP contribution in [0.4, 0.5) is 0 Å². The number of primary amides is 1. The summed E-state index contributed by atoms with van der Waals surface area (Å²) in [5.41, 5.74) is 9.30. The molecule has 136 valence electrons. The van der Waals surface area contributed by atoms with Gasteiger partial charge >= 0.3 is 0 Å². The summed E-state index contributed by atoms with van der Waals surface area (Å²) in [5, 5.41) is 4.20. The first-order valence-electron chi connectivity index (χ1n) is 8.72. The Balaban J connectivity index is 1.94. The van der Waals surface area contributed by atoms with E-state index < -0.39 is 5.91 Å². The predicted octanol–water partition coefficient (Wildman–Crippen LogP) is 3.64. The maximum Gasteiger partial charge on any atom is 0.250 e. The van der Waals surface area contributed by atoms with Gasteiger partial charge in [0.05, 0.1) is 11.3 Å². The molecule has 6 nitrogen and oxygen atoms in total. The van der Waals surface area contributed by atoms with Crippen molar-refractivity contribution in [2.45, 2.75) is 26.8 Å². The molecule has 0 aliphatic carbocycles. The largest absolute Gasteiger partial charge is 0.382 e. The van der Waals surface area contributed by atoms with Crippen LogP contribution in [0.3, 0.4) is 0 Å². The molecular weight excluding hydrogens is 330 g/mol. The second-order valence-corrected chi connectivity index (χ2v) is 6.04. The van der Waals surface area contributed by atoms with Gasteiger partial charge in [0.2, 0.25) is 0 Å². The van der Waals surface area contributed by atoms with Gasteiger partial charge in [-0.3, -0.25) is 4.79 Å². The van der Waals surface area contributed by atoms with Crippen molar-refractivity contribution in [2.75, 3.05) is 13.2 Å². The third kappa shape index (κ3) is 3.70. The number of amides is 1. The van der Waals surface area contributed by atoms with Crippen molar-refractivity contribution in [2.24, 2.45) is 5.73 Å². The normalized spacial score (nSPS) is 11.0. The van der Waals surface area contributed by atoms with E-state index in [1.54, 1.807) is 6.07 Å². The highest BCUT2D eigenvalue weighted by Gasteiger charge is 2.19. The predicted molar refractivity (Wildman–Crippen MR) is 99.7 cm³/mol. The van der Waals surface area contributed by atoms with Gasteiger partial charge in [-0.15, -0.1) is 0 Å². The Morgan fingerprint density at radius 2 is 2.04 bits per heavy atom. The Hall–Kier alpha value is -2.86. The monoisotopic (exact) mass is 353 g/mol. The third-order valence-electron chi connectivity index (χ3n) is 4.34. The summed E-state index contributed by atoms with van der Waals surface area (Å²) in [5.74, 6) is 0.236. The van der Waals surface area contributed by atoms with Gasteiger partial charge in [0.25, 0.3) is 5.91 Å². The lowest BCUT2D eigenvalue weighted by Gasteiger charge is -2.10. The second-order valence-electron chi connectivity index (χ2n) is 6.04. The van der Waals surface area contributed by atoms with Crippen LogP contribution in [0.2, 0.25) is 0 Å². The number of nitrogens with two attached hydrogens (primary N) is 1. The molecule has 6 heteroatoms. The number of nitrogens with zero attached hydrogens (tertiary/aromatic N) is 2. The highest BCUT2D eigenvalue weighted by atomic mass is 16.5. The summed E-state index contributed by atoms with van der Waals surface area (Å²) in [4.78, 5) is 11.8. The minimum absolute atomic E-state index is 0.445. The summed E-state index contributed by atoms with van der Waals surface area (Å²) >= 11 is 0. The first-order chi connectivity index (χ1) is 12.6. The molecule has 0 aliphatic rings. The lowest BCUT2D eigenvalue weighted by atomic mass is 10.1. The van der Waals surface area contributed by atoms with E-state index in [2.05, 4.69) is 5.16 Å². The van der Waals surface area contributed by atoms with E-state index >= 15 is 0 Å². The number of hydrogen-bond donors (Lipinski definition) is 1. The molecule has 0 fully saturated rings. The maximum absolute atomic E-state index is 11.8. The second kappa shape index (κ2) is 8.01. The van der Waals surface area contributed by atoms with Crippen LogP contribution in [0.15, 0.2) is 47.0 Å². The molecule has 1 aromatic carbocycles. The van der Waals surface area contributed by atoms with Crippen LogP contribution in [-0.4, -0.2) is 28.8 Å². The van der Waals surface area contributed by atoms with Gasteiger partial charge in [-0.05, 0) is 26.3 Å². The number of benzene rings is 1. The lowest BCUT2D eigenvalue weighted by molar-refractivity contribution is 0.0999. The number of hydrogen-bond acceptors (Lipinski definition) is 4. The molecule has 2 heterocycles. The average molecular weight is 353 g/mol. The van der Waals surface area contributed by atoms with Crippen LogP contribution in [0, 0.1) is 6.92 Å². The van der Waals surface area contributed by atoms with Crippen LogP contribution in [-0.2, 0) is 11.3 Å². The topological polar surface area (TPSA) is 83.3 Å². The molecular formula is C20H23N3O3. The van der Waals surface area contributed by atoms with Gasteiger partial charge in [-0.25, -0.2) is 0 Å². The van der Waals surface area contributed by atoms with Crippen LogP contribution in [0.1, 0.15) is 29.4 Å². The summed E-state index contributed by atoms with van der Waals surface area (Å²) < 4.78 is 13.0. The Kier molecular flexibility index (Phi) is 5.53. The SMILES string of the molecule is CCOCCCn1c(-c2cc(-c3ccccc3)on2)cc(C(N)=O)c1C. The van der Waals surface area contributed by atoms with Crippen LogP contribution < -0.4 is 5.73 Å². The Morgan fingerprint density at radius 1 is 1.27 bits per heavy atom. The minimum atomic E-state index is -0.445. The van der Waals surface area contributed by atoms with Crippen molar-refractivity contribution in [3.05, 3.63) is 53.7 Å². The number of carbonyl (C=O) groups is 1. The van der Waals surface area contributed by atoms with Crippen molar-refractivity contribution in [1.82, 2.24) is 9.72 Å². The van der Waals surface area contributed by atoms with Crippen molar-refractivity contribution < 1.29 is 14.1 Å². The van der Waals surface area contributed by atoms with E-state index in [9.17, 15) is 4.79 Å². The van der Waals surface area contributed by atoms with Crippen LogP contribution in [0.5, 0.6) is 0 Å². The summed E-state index contributed by atoms with van der Waals surface area (Å²) in [7, 11) is 0. The highest BCUT2D eigenvalue weighted by molar-refractivity contribution is 5.95. The molecule has 0 radical (unpaired) electrons. The zero-order chi connectivity index (χ0) is 18.5. The standard InChI is InChI=1S/C20H23N3O3/c1-3-25-11-7-10-23-14(2)16(20(21)24)12-18(23)17-13-19(26-22-17)15-8-5-4-6-9-15/h4-6,8-9,12-13H,3,7,10-11H2,1-2H3,(H2,21,24). The molecule has 0 atom stereocenters. The van der Waals surface area contributed by atoms with Crippen molar-refractivity contribution in [3.63, 3.8) is 0 Å². The minimum Gasteiger partial charge on any atom is -0.382 e. The fourth-order valence-electron chi connectivity index (χ4n) is 3.00. The van der Waals surface area contributed by atoms with E-state index in [-0.39, 0.29) is 0 Å². The molecule has 26 heavy (non-hydrogen) atoms. The quantitative estimate of drug-likeness (QED) is 0.627. The summed E-state index contributed by atoms with van der Waals surface area (Å²) in [6.45, 7) is 5.92. The van der Waals surface area contributed by atoms with Crippen molar-refractivity contribution in [1.29, 1.82) is 0 Å². The van der Waals surface area contributed by atoms with Gasteiger partial charge in [0.1, 0.15) is 5.69 Å². The molecule has 0 bridgehead atoms. The molecule has 2 aromatic heterocycles. The molecule has 1 amide bonds. The smallest absolute Gasteiger partial charge is 0.250 e. The molecule has 3 rings (SSSR count). The van der Waals surface area contributed by atoms with E-state index in [1.165, 1.54) is 0 Å². The van der Waals surface area contributed by atoms with E-state index in [0.29, 0.717) is 36.8 Å². The summed E-state index contributed by atoms with van der Waals surface area (Å²) in [6, 6.07) is 13.4. The van der Waals surface area contributed by atoms with Gasteiger partial charge in [0.15, 0.2) is 5.76 Å². The molecule has 3 aromatic rings. The molecule has 0 saturated heterocycles. The van der Waals surface area contributed by atoms with E-state index in [4.69, 9.17) is 15.0 Å². The molecule has 0 spiro atoms. The molecule has 2 N–H and O–H groups in total. The number of ether oxygens (including phenoxy) is 1. The Labute approximate surface area is 152 Å². The molecule has 0 aliphatic heterocycles. The first kappa shape index (κ1) is 17.9. The van der Waals surface area contributed by atoms with Gasteiger partial charge in [-0.1, -0.05) is 35.5 Å². The van der Waals surface area contributed by atoms with Gasteiger partial charge in [-0.2, -0.15) is 0 Å². The number of rotatable bonds is 8. The number of carbonyl (C=O) groups excluding carboxylic acids is 1. The van der Waals surface area contributed by atoms with E-state index in [1.807, 2.05) is 54.8 Å².